The first-order chi connectivity index (χ1) is 9.56. The molecule has 0 fully saturated rings. The first-order valence-electron chi connectivity index (χ1n) is 5.33. The third kappa shape index (κ3) is 51.7. The molecule has 124 valence electrons. The van der Waals surface area contributed by atoms with E-state index >= 15 is 0 Å². The third-order valence-electron chi connectivity index (χ3n) is 1.03. The number of esters is 2. The number of carbonyl (C=O) groups excluding carboxylic acids is 2. The summed E-state index contributed by atoms with van der Waals surface area (Å²) in [6.07, 6.45) is 0.106. The van der Waals surface area contributed by atoms with Crippen molar-refractivity contribution in [2.24, 2.45) is 5.34 Å². The number of aliphatic carboxylic acids is 1. The molecule has 0 bridgehead atoms. The summed E-state index contributed by atoms with van der Waals surface area (Å²) in [5, 5.41) is 9.44. The summed E-state index contributed by atoms with van der Waals surface area (Å²) in [4.78, 5) is 42.4. The molecule has 0 spiro atoms. The van der Waals surface area contributed by atoms with Crippen molar-refractivity contribution in [2.45, 2.75) is 34.6 Å². The van der Waals surface area contributed by atoms with E-state index in [1.807, 2.05) is 5.34 Å². The van der Waals surface area contributed by atoms with Crippen molar-refractivity contribution in [2.75, 3.05) is 7.11 Å². The minimum atomic E-state index is -0.833. The summed E-state index contributed by atoms with van der Waals surface area (Å²) in [5.74, 6) is -1.74. The number of ether oxygens (including phenoxy) is 3. The van der Waals surface area contributed by atoms with Crippen LogP contribution in [0.25, 0.3) is 0 Å². The summed E-state index contributed by atoms with van der Waals surface area (Å²) < 4.78 is 13.2. The number of methoxy groups -OCH3 is 1. The number of carboxylic acid groups (broad SMARTS) is 1. The molecule has 0 rings (SSSR count). The molecule has 0 heterocycles. The molecule has 10 nitrogen and oxygen atoms in total. The van der Waals surface area contributed by atoms with Gasteiger partial charge in [0.15, 0.2) is 0 Å². The minimum absolute atomic E-state index is 0. The average Bonchev–Trinajstić information content (AvgIpc) is 2.27. The Hall–Kier alpha value is 1.38. The molecule has 0 amide bonds. The van der Waals surface area contributed by atoms with Gasteiger partial charge in [-0.15, -0.1) is 18.8 Å². The molecule has 0 saturated carbocycles. The topological polar surface area (TPSA) is 138 Å². The van der Waals surface area contributed by atoms with E-state index in [0.29, 0.717) is 0 Å². The Kier molecular flexibility index (Phi) is 39.5. The molecule has 12 heteroatoms. The van der Waals surface area contributed by atoms with Crippen molar-refractivity contribution in [3.05, 3.63) is 17.5 Å². The molecule has 23 heavy (non-hydrogen) atoms. The van der Waals surface area contributed by atoms with Crippen molar-refractivity contribution >= 4 is 17.9 Å². The van der Waals surface area contributed by atoms with Gasteiger partial charge in [0.25, 0.3) is 17.9 Å². The molecule has 0 unspecified atom stereocenters. The second-order valence-electron chi connectivity index (χ2n) is 3.06. The van der Waals surface area contributed by atoms with Crippen LogP contribution in [0.15, 0.2) is 5.34 Å². The van der Waals surface area contributed by atoms with Gasteiger partial charge in [0, 0.05) is 34.2 Å². The average molecular weight is 480 g/mol. The zero-order valence-electron chi connectivity index (χ0n) is 14.7. The van der Waals surface area contributed by atoms with Crippen LogP contribution in [0.1, 0.15) is 34.6 Å². The van der Waals surface area contributed by atoms with Gasteiger partial charge in [-0.05, 0) is 6.29 Å². The van der Waals surface area contributed by atoms with Gasteiger partial charge in [0.05, 0.1) is 0 Å². The van der Waals surface area contributed by atoms with Gasteiger partial charge in [-0.25, -0.2) is 0 Å². The maximum atomic E-state index is 10.1. The second kappa shape index (κ2) is 25.6. The Bertz CT molecular complexity index is 325. The van der Waals surface area contributed by atoms with Gasteiger partial charge in [0.1, 0.15) is 5.34 Å². The van der Waals surface area contributed by atoms with Crippen LogP contribution in [-0.2, 0) is 33.4 Å². The predicted octanol–water partition coefficient (Wildman–Crippen LogP) is -4.44. The van der Waals surface area contributed by atoms with Crippen molar-refractivity contribution < 1.29 is 155 Å². The predicted molar refractivity (Wildman–Crippen MR) is 68.6 cm³/mol. The maximum absolute atomic E-state index is 10.1. The molecule has 1 N–H and O–H groups in total. The van der Waals surface area contributed by atoms with Crippen molar-refractivity contribution in [1.29, 1.82) is 0 Å². The largest absolute Gasteiger partial charge is 1.00 e. The third-order valence-corrected chi connectivity index (χ3v) is 1.03. The molecular formula is C11H19NO9Rb2. The van der Waals surface area contributed by atoms with Gasteiger partial charge < -0.3 is 24.2 Å². The SMILES string of the molecule is CC(=O)O.CC(=O)O[C-](C)ON=O.CO[C-](C)OC(C)=O.[Rb+].[Rb+]. The van der Waals surface area contributed by atoms with Crippen LogP contribution in [0, 0.1) is 17.5 Å². The van der Waals surface area contributed by atoms with Crippen LogP contribution in [0.5, 0.6) is 0 Å². The van der Waals surface area contributed by atoms with E-state index in [0.717, 1.165) is 6.92 Å². The summed E-state index contributed by atoms with van der Waals surface area (Å²) in [6, 6.07) is 0. The Balaban J connectivity index is -0.0000000718. The fraction of sp³-hybridized carbons (Fsp3) is 0.545. The monoisotopic (exact) mass is 479 g/mol. The van der Waals surface area contributed by atoms with Crippen molar-refractivity contribution in [3.8, 4) is 0 Å². The molecule has 0 saturated heterocycles. The number of nitrogens with zero attached hydrogens (tertiary/aromatic N) is 1. The first-order valence-corrected chi connectivity index (χ1v) is 5.33. The first kappa shape index (κ1) is 35.5. The number of carbonyl (C=O) groups is 3. The van der Waals surface area contributed by atoms with Crippen LogP contribution >= 0.6 is 0 Å². The Morgan fingerprint density at radius 1 is 0.913 bits per heavy atom. The Morgan fingerprint density at radius 2 is 1.22 bits per heavy atom. The Morgan fingerprint density at radius 3 is 1.39 bits per heavy atom. The van der Waals surface area contributed by atoms with E-state index in [1.54, 1.807) is 6.92 Å². The van der Waals surface area contributed by atoms with Gasteiger partial charge in [0.2, 0.25) is 0 Å². The van der Waals surface area contributed by atoms with E-state index in [4.69, 9.17) is 9.90 Å². The summed E-state index contributed by atoms with van der Waals surface area (Å²) >= 11 is 0. The van der Waals surface area contributed by atoms with E-state index in [-0.39, 0.29) is 135 Å². The molecule has 0 aliphatic carbocycles. The van der Waals surface area contributed by atoms with Gasteiger partial charge in [-0.2, -0.15) is 0 Å². The van der Waals surface area contributed by atoms with Crippen molar-refractivity contribution in [3.63, 3.8) is 0 Å². The zero-order chi connectivity index (χ0) is 17.4. The number of hydrogen-bond acceptors (Lipinski definition) is 9. The fourth-order valence-corrected chi connectivity index (χ4v) is 0.518. The molecular weight excluding hydrogens is 461 g/mol. The van der Waals surface area contributed by atoms with Crippen LogP contribution in [0.2, 0.25) is 0 Å². The molecule has 0 radical (unpaired) electrons. The summed E-state index contributed by atoms with van der Waals surface area (Å²) in [6.45, 7) is 6.48. The van der Waals surface area contributed by atoms with E-state index in [2.05, 4.69) is 19.0 Å². The quantitative estimate of drug-likeness (QED) is 0.179. The van der Waals surface area contributed by atoms with Crippen LogP contribution in [0.4, 0.5) is 0 Å². The number of rotatable bonds is 5. The van der Waals surface area contributed by atoms with E-state index < -0.39 is 11.9 Å². The van der Waals surface area contributed by atoms with Crippen molar-refractivity contribution in [1.82, 2.24) is 0 Å². The molecule has 0 aromatic heterocycles. The summed E-state index contributed by atoms with van der Waals surface area (Å²) in [7, 11) is 1.44. The zero-order valence-corrected chi connectivity index (χ0v) is 24.5. The standard InChI is InChI=1S/C5H9O3.C4H6NO4.C2H4O2.2Rb/c1-4(6)8-5(2)7-3;1-3(6)8-4(2)9-5-7;1-2(3)4;;/h1-3H3;1-2H3;1H3,(H,3,4);;/q2*-1;;2*+1. The molecule has 0 aliphatic rings. The maximum Gasteiger partial charge on any atom is 1.00 e. The molecule has 0 atom stereocenters. The number of hydrogen-bond donors (Lipinski definition) is 1. The fourth-order valence-electron chi connectivity index (χ4n) is 0.518. The minimum Gasteiger partial charge on any atom is -0.607 e. The van der Waals surface area contributed by atoms with E-state index in [1.165, 1.54) is 27.9 Å². The molecule has 0 aromatic rings. The van der Waals surface area contributed by atoms with Gasteiger partial charge in [-0.1, -0.05) is 0 Å². The molecule has 0 aromatic carbocycles. The summed E-state index contributed by atoms with van der Waals surface area (Å²) in [5.41, 5.74) is 0. The Labute approximate surface area is 232 Å². The van der Waals surface area contributed by atoms with Crippen LogP contribution < -0.4 is 116 Å². The smallest absolute Gasteiger partial charge is 0.607 e. The van der Waals surface area contributed by atoms with Crippen LogP contribution in [-0.4, -0.2) is 30.1 Å². The second-order valence-corrected chi connectivity index (χ2v) is 3.06. The number of carboxylic acids is 1. The molecule has 0 aliphatic heterocycles. The van der Waals surface area contributed by atoms with Gasteiger partial charge >= 0.3 is 116 Å². The van der Waals surface area contributed by atoms with E-state index in [9.17, 15) is 14.5 Å². The van der Waals surface area contributed by atoms with Crippen LogP contribution in [0.3, 0.4) is 0 Å². The van der Waals surface area contributed by atoms with Gasteiger partial charge in [-0.3, -0.25) is 14.4 Å². The normalized spacial score (nSPS) is 7.83.